The zero-order chi connectivity index (χ0) is 26.0. The Morgan fingerprint density at radius 1 is 1.11 bits per heavy atom. The second-order valence-electron chi connectivity index (χ2n) is 9.71. The molecule has 2 N–H and O–H groups in total. The van der Waals surface area contributed by atoms with E-state index in [2.05, 4.69) is 0 Å². The molecule has 3 rings (SSSR count). The number of nitrogens with zero attached hydrogens (tertiary/aromatic N) is 3. The molecule has 0 radical (unpaired) electrons. The lowest BCUT2D eigenvalue weighted by Crippen LogP contribution is -2.47. The van der Waals surface area contributed by atoms with E-state index in [0.717, 1.165) is 10.5 Å². The van der Waals surface area contributed by atoms with Crippen LogP contribution >= 0.6 is 0 Å². The van der Waals surface area contributed by atoms with Gasteiger partial charge in [0, 0.05) is 13.0 Å². The molecule has 1 aliphatic rings. The number of rotatable bonds is 7. The number of amides is 3. The summed E-state index contributed by atoms with van der Waals surface area (Å²) in [5.74, 6) is -1.16. The summed E-state index contributed by atoms with van der Waals surface area (Å²) in [7, 11) is -3.82. The summed E-state index contributed by atoms with van der Waals surface area (Å²) in [6.07, 6.45) is 0.404. The summed E-state index contributed by atoms with van der Waals surface area (Å²) in [6.45, 7) is 5.92. The second-order valence-corrected chi connectivity index (χ2v) is 11.3. The van der Waals surface area contributed by atoms with E-state index in [9.17, 15) is 22.8 Å². The molecule has 2 aromatic rings. The van der Waals surface area contributed by atoms with E-state index >= 15 is 0 Å². The van der Waals surface area contributed by atoms with Crippen molar-refractivity contribution in [1.29, 1.82) is 5.26 Å². The van der Waals surface area contributed by atoms with Gasteiger partial charge in [-0.2, -0.15) is 5.26 Å². The molecule has 10 heteroatoms. The Hall–Kier alpha value is -3.55. The van der Waals surface area contributed by atoms with Crippen molar-refractivity contribution in [1.82, 2.24) is 4.90 Å². The molecule has 0 saturated carbocycles. The highest BCUT2D eigenvalue weighted by Gasteiger charge is 2.44. The largest absolute Gasteiger partial charge is 0.330 e. The van der Waals surface area contributed by atoms with Crippen molar-refractivity contribution in [2.24, 2.45) is 10.6 Å². The van der Waals surface area contributed by atoms with Crippen LogP contribution in [0.1, 0.15) is 44.7 Å². The maximum atomic E-state index is 13.3. The van der Waals surface area contributed by atoms with Gasteiger partial charge in [-0.1, -0.05) is 32.9 Å². The molecule has 2 aromatic carbocycles. The average molecular weight is 497 g/mol. The number of nitriles is 1. The van der Waals surface area contributed by atoms with Crippen molar-refractivity contribution in [2.45, 2.75) is 51.0 Å². The molecule has 0 aliphatic carbocycles. The molecule has 35 heavy (non-hydrogen) atoms. The van der Waals surface area contributed by atoms with Crippen LogP contribution < -0.4 is 10.0 Å². The van der Waals surface area contributed by atoms with E-state index in [1.165, 1.54) is 41.3 Å². The maximum Gasteiger partial charge on any atom is 0.257 e. The summed E-state index contributed by atoms with van der Waals surface area (Å²) in [5.41, 5.74) is 1.18. The van der Waals surface area contributed by atoms with Crippen LogP contribution in [-0.4, -0.2) is 43.6 Å². The van der Waals surface area contributed by atoms with Gasteiger partial charge in [-0.25, -0.2) is 18.5 Å². The third kappa shape index (κ3) is 6.32. The predicted molar refractivity (Wildman–Crippen MR) is 129 cm³/mol. The molecule has 1 saturated heterocycles. The Morgan fingerprint density at radius 2 is 1.71 bits per heavy atom. The van der Waals surface area contributed by atoms with Crippen LogP contribution in [0.25, 0.3) is 0 Å². The van der Waals surface area contributed by atoms with E-state index in [0.29, 0.717) is 17.7 Å². The fraction of sp³-hybridized carbons (Fsp3) is 0.360. The lowest BCUT2D eigenvalue weighted by molar-refractivity contribution is -0.139. The first-order chi connectivity index (χ1) is 16.3. The lowest BCUT2D eigenvalue weighted by atomic mass is 9.91. The average Bonchev–Trinajstić information content (AvgIpc) is 3.06. The summed E-state index contributed by atoms with van der Waals surface area (Å²) in [6, 6.07) is 13.2. The number of sulfonamides is 1. The number of benzene rings is 2. The Balaban J connectivity index is 1.84. The summed E-state index contributed by atoms with van der Waals surface area (Å²) < 4.78 is 23.0. The van der Waals surface area contributed by atoms with Gasteiger partial charge in [0.05, 0.1) is 28.6 Å². The van der Waals surface area contributed by atoms with Crippen molar-refractivity contribution in [3.05, 3.63) is 59.7 Å². The quantitative estimate of drug-likeness (QED) is 0.583. The number of carbonyl (C=O) groups excluding carboxylic acids is 3. The van der Waals surface area contributed by atoms with Gasteiger partial charge in [-0.05, 0) is 53.8 Å². The number of carbonyl (C=O) groups is 3. The molecule has 9 nitrogen and oxygen atoms in total. The molecule has 1 unspecified atom stereocenters. The first-order valence-electron chi connectivity index (χ1n) is 11.1. The van der Waals surface area contributed by atoms with Crippen molar-refractivity contribution in [3.63, 3.8) is 0 Å². The third-order valence-electron chi connectivity index (χ3n) is 5.65. The van der Waals surface area contributed by atoms with Crippen LogP contribution in [-0.2, 0) is 30.8 Å². The van der Waals surface area contributed by atoms with E-state index in [-0.39, 0.29) is 35.6 Å². The zero-order valence-corrected chi connectivity index (χ0v) is 20.7. The van der Waals surface area contributed by atoms with Gasteiger partial charge in [0.2, 0.25) is 21.8 Å². The number of imide groups is 1. The molecule has 1 atom stereocenters. The minimum Gasteiger partial charge on any atom is -0.330 e. The van der Waals surface area contributed by atoms with Crippen LogP contribution in [0, 0.1) is 16.7 Å². The predicted octanol–water partition coefficient (Wildman–Crippen LogP) is 2.35. The Labute approximate surface area is 205 Å². The summed E-state index contributed by atoms with van der Waals surface area (Å²) in [4.78, 5) is 41.8. The molecular weight excluding hydrogens is 468 g/mol. The summed E-state index contributed by atoms with van der Waals surface area (Å²) >= 11 is 0. The zero-order valence-electron chi connectivity index (χ0n) is 19.9. The molecule has 3 amide bonds. The van der Waals surface area contributed by atoms with Gasteiger partial charge in [0.1, 0.15) is 6.04 Å². The second kappa shape index (κ2) is 9.98. The first-order valence-corrected chi connectivity index (χ1v) is 12.6. The monoisotopic (exact) mass is 496 g/mol. The van der Waals surface area contributed by atoms with Crippen LogP contribution in [0.3, 0.4) is 0 Å². The van der Waals surface area contributed by atoms with Crippen LogP contribution in [0.5, 0.6) is 0 Å². The van der Waals surface area contributed by atoms with Gasteiger partial charge in [0.15, 0.2) is 0 Å². The SMILES string of the molecule is CC(C)(C)CC(=O)N(CCc1ccc(S(N)(=O)=O)cc1)C1CC(=O)N(c2ccc(C#N)cc2)C1=O. The van der Waals surface area contributed by atoms with Gasteiger partial charge >= 0.3 is 0 Å². The number of hydrogen-bond donors (Lipinski definition) is 1. The molecule has 0 bridgehead atoms. The normalized spacial score (nSPS) is 16.3. The Kier molecular flexibility index (Phi) is 7.43. The van der Waals surface area contributed by atoms with Crippen LogP contribution in [0.15, 0.2) is 53.4 Å². The minimum absolute atomic E-state index is 0.0171. The smallest absolute Gasteiger partial charge is 0.257 e. The molecule has 1 fully saturated rings. The number of hydrogen-bond acceptors (Lipinski definition) is 6. The van der Waals surface area contributed by atoms with Gasteiger partial charge in [-0.15, -0.1) is 0 Å². The van der Waals surface area contributed by atoms with Crippen molar-refractivity contribution < 1.29 is 22.8 Å². The Morgan fingerprint density at radius 3 is 2.23 bits per heavy atom. The Bertz CT molecular complexity index is 1270. The van der Waals surface area contributed by atoms with Crippen molar-refractivity contribution in [2.75, 3.05) is 11.4 Å². The van der Waals surface area contributed by atoms with Crippen molar-refractivity contribution >= 4 is 33.4 Å². The number of nitrogens with two attached hydrogens (primary N) is 1. The lowest BCUT2D eigenvalue weighted by Gasteiger charge is -2.30. The molecular formula is C25H28N4O5S. The number of anilines is 1. The van der Waals surface area contributed by atoms with Gasteiger partial charge < -0.3 is 4.90 Å². The van der Waals surface area contributed by atoms with Gasteiger partial charge in [0.25, 0.3) is 5.91 Å². The van der Waals surface area contributed by atoms with Gasteiger partial charge in [-0.3, -0.25) is 14.4 Å². The fourth-order valence-corrected chi connectivity index (χ4v) is 4.44. The highest BCUT2D eigenvalue weighted by atomic mass is 32.2. The fourth-order valence-electron chi connectivity index (χ4n) is 3.92. The molecule has 1 aliphatic heterocycles. The van der Waals surface area contributed by atoms with E-state index in [4.69, 9.17) is 10.4 Å². The highest BCUT2D eigenvalue weighted by molar-refractivity contribution is 7.89. The minimum atomic E-state index is -3.82. The molecule has 1 heterocycles. The highest BCUT2D eigenvalue weighted by Crippen LogP contribution is 2.28. The third-order valence-corrected chi connectivity index (χ3v) is 6.58. The number of primary sulfonamides is 1. The van der Waals surface area contributed by atoms with Crippen molar-refractivity contribution in [3.8, 4) is 6.07 Å². The topological polar surface area (TPSA) is 142 Å². The standard InChI is InChI=1S/C25H28N4O5S/c1-25(2,3)15-23(31)28(13-12-17-6-10-20(11-7-17)35(27,33)34)21-14-22(30)29(24(21)32)19-8-4-18(16-26)5-9-19/h4-11,21H,12-15H2,1-3H3,(H2,27,33,34). The van der Waals surface area contributed by atoms with Crippen LogP contribution in [0.4, 0.5) is 5.69 Å². The molecule has 0 aromatic heterocycles. The van der Waals surface area contributed by atoms with E-state index in [1.54, 1.807) is 12.1 Å². The molecule has 184 valence electrons. The molecule has 0 spiro atoms. The maximum absolute atomic E-state index is 13.3. The van der Waals surface area contributed by atoms with E-state index < -0.39 is 27.9 Å². The summed E-state index contributed by atoms with van der Waals surface area (Å²) in [5, 5.41) is 14.1. The van der Waals surface area contributed by atoms with Crippen LogP contribution in [0.2, 0.25) is 0 Å². The van der Waals surface area contributed by atoms with E-state index in [1.807, 2.05) is 26.8 Å². The first kappa shape index (κ1) is 26.1.